The summed E-state index contributed by atoms with van der Waals surface area (Å²) in [6.07, 6.45) is 0. The first-order chi connectivity index (χ1) is 9.79. The Kier molecular flexibility index (Phi) is 8.00. The van der Waals surface area contributed by atoms with Gasteiger partial charge in [-0.2, -0.15) is 0 Å². The molecule has 0 radical (unpaired) electrons. The fourth-order valence-corrected chi connectivity index (χ4v) is 2.18. The van der Waals surface area contributed by atoms with Gasteiger partial charge in [0.1, 0.15) is 0 Å². The molecule has 1 aliphatic rings. The molecule has 2 aromatic rings. The van der Waals surface area contributed by atoms with E-state index in [1.165, 1.54) is 0 Å². The SMILES string of the molecule is C.C=C1c2ccccc2C(=O)c2ccccc21.CC.CC. The Balaban J connectivity index is 0.000000741. The van der Waals surface area contributed by atoms with E-state index in [-0.39, 0.29) is 13.2 Å². The minimum absolute atomic E-state index is 0. The van der Waals surface area contributed by atoms with Gasteiger partial charge in [0.05, 0.1) is 0 Å². The molecule has 21 heavy (non-hydrogen) atoms. The summed E-state index contributed by atoms with van der Waals surface area (Å²) in [6.45, 7) is 12.1. The number of rotatable bonds is 0. The van der Waals surface area contributed by atoms with Gasteiger partial charge in [0.2, 0.25) is 0 Å². The van der Waals surface area contributed by atoms with Crippen molar-refractivity contribution in [1.82, 2.24) is 0 Å². The van der Waals surface area contributed by atoms with E-state index in [1.807, 2.05) is 76.2 Å². The van der Waals surface area contributed by atoms with Crippen LogP contribution < -0.4 is 0 Å². The summed E-state index contributed by atoms with van der Waals surface area (Å²) in [5.41, 5.74) is 4.35. The molecule has 1 nitrogen and oxygen atoms in total. The van der Waals surface area contributed by atoms with Gasteiger partial charge in [0.15, 0.2) is 5.78 Å². The minimum Gasteiger partial charge on any atom is -0.289 e. The van der Waals surface area contributed by atoms with Crippen molar-refractivity contribution in [3.05, 3.63) is 77.4 Å². The Morgan fingerprint density at radius 2 is 0.952 bits per heavy atom. The average Bonchev–Trinajstić information content (AvgIpc) is 2.56. The number of hydrogen-bond donors (Lipinski definition) is 0. The molecular formula is C20H26O. The molecule has 0 fully saturated rings. The van der Waals surface area contributed by atoms with Crippen LogP contribution in [0, 0.1) is 0 Å². The molecule has 0 aromatic heterocycles. The highest BCUT2D eigenvalue weighted by Crippen LogP contribution is 2.34. The highest BCUT2D eigenvalue weighted by atomic mass is 16.1. The lowest BCUT2D eigenvalue weighted by Crippen LogP contribution is -2.13. The molecule has 0 bridgehead atoms. The quantitative estimate of drug-likeness (QED) is 0.495. The molecule has 0 heterocycles. The van der Waals surface area contributed by atoms with Crippen molar-refractivity contribution in [1.29, 1.82) is 0 Å². The van der Waals surface area contributed by atoms with Crippen LogP contribution in [0.5, 0.6) is 0 Å². The van der Waals surface area contributed by atoms with Crippen LogP contribution in [0.15, 0.2) is 55.1 Å². The van der Waals surface area contributed by atoms with Crippen molar-refractivity contribution in [3.8, 4) is 0 Å². The Bertz CT molecular complexity index is 503. The first-order valence-corrected chi connectivity index (χ1v) is 7.21. The molecule has 0 amide bonds. The number of ketones is 1. The molecule has 0 unspecified atom stereocenters. The van der Waals surface area contributed by atoms with Crippen LogP contribution in [0.2, 0.25) is 0 Å². The fourth-order valence-electron chi connectivity index (χ4n) is 2.18. The van der Waals surface area contributed by atoms with E-state index in [4.69, 9.17) is 0 Å². The smallest absolute Gasteiger partial charge is 0.194 e. The summed E-state index contributed by atoms with van der Waals surface area (Å²) in [5, 5.41) is 0. The van der Waals surface area contributed by atoms with E-state index in [0.29, 0.717) is 0 Å². The van der Waals surface area contributed by atoms with Crippen LogP contribution >= 0.6 is 0 Å². The standard InChI is InChI=1S/C15H10O.2C2H6.CH4/c1-10-11-6-2-4-8-13(11)15(16)14-9-5-3-7-12(10)14;2*1-2;/h2-9H,1H2;2*1-2H3;1H4. The Labute approximate surface area is 129 Å². The third kappa shape index (κ3) is 3.49. The second kappa shape index (κ2) is 8.91. The zero-order chi connectivity index (χ0) is 15.1. The summed E-state index contributed by atoms with van der Waals surface area (Å²) in [7, 11) is 0. The van der Waals surface area contributed by atoms with Gasteiger partial charge in [-0.05, 0) is 16.7 Å². The third-order valence-corrected chi connectivity index (χ3v) is 2.99. The van der Waals surface area contributed by atoms with E-state index in [2.05, 4.69) is 6.58 Å². The van der Waals surface area contributed by atoms with Crippen LogP contribution in [0.4, 0.5) is 0 Å². The molecule has 1 heteroatoms. The van der Waals surface area contributed by atoms with Gasteiger partial charge in [0.25, 0.3) is 0 Å². The maximum absolute atomic E-state index is 12.2. The van der Waals surface area contributed by atoms with Gasteiger partial charge in [-0.3, -0.25) is 4.79 Å². The van der Waals surface area contributed by atoms with Crippen LogP contribution in [-0.4, -0.2) is 5.78 Å². The van der Waals surface area contributed by atoms with Crippen LogP contribution in [0.25, 0.3) is 5.57 Å². The molecule has 0 atom stereocenters. The highest BCUT2D eigenvalue weighted by Gasteiger charge is 2.24. The molecule has 3 rings (SSSR count). The summed E-state index contributed by atoms with van der Waals surface area (Å²) in [5.74, 6) is 0.0959. The van der Waals surface area contributed by atoms with Gasteiger partial charge >= 0.3 is 0 Å². The second-order valence-electron chi connectivity index (χ2n) is 3.90. The number of benzene rings is 2. The summed E-state index contributed by atoms with van der Waals surface area (Å²) < 4.78 is 0. The third-order valence-electron chi connectivity index (χ3n) is 2.99. The number of carbonyl (C=O) groups excluding carboxylic acids is 1. The van der Waals surface area contributed by atoms with E-state index < -0.39 is 0 Å². The number of fused-ring (bicyclic) bond motifs is 2. The highest BCUT2D eigenvalue weighted by molar-refractivity contribution is 6.18. The van der Waals surface area contributed by atoms with Crippen molar-refractivity contribution < 1.29 is 4.79 Å². The molecule has 0 aliphatic heterocycles. The van der Waals surface area contributed by atoms with Gasteiger partial charge in [0, 0.05) is 11.1 Å². The van der Waals surface area contributed by atoms with Gasteiger partial charge in [-0.1, -0.05) is 90.2 Å². The predicted octanol–water partition coefficient (Wildman–Crippen LogP) is 5.98. The molecule has 0 saturated carbocycles. The number of carbonyl (C=O) groups is 1. The average molecular weight is 282 g/mol. The van der Waals surface area contributed by atoms with Gasteiger partial charge in [-0.15, -0.1) is 0 Å². The Morgan fingerprint density at radius 1 is 0.667 bits per heavy atom. The number of hydrogen-bond acceptors (Lipinski definition) is 1. The molecular weight excluding hydrogens is 256 g/mol. The van der Waals surface area contributed by atoms with Gasteiger partial charge in [-0.25, -0.2) is 0 Å². The van der Waals surface area contributed by atoms with Crippen molar-refractivity contribution in [2.24, 2.45) is 0 Å². The van der Waals surface area contributed by atoms with Gasteiger partial charge < -0.3 is 0 Å². The van der Waals surface area contributed by atoms with Crippen molar-refractivity contribution in [2.45, 2.75) is 35.1 Å². The zero-order valence-corrected chi connectivity index (χ0v) is 12.7. The van der Waals surface area contributed by atoms with Crippen LogP contribution in [0.3, 0.4) is 0 Å². The first kappa shape index (κ1) is 18.9. The Hall–Kier alpha value is -2.15. The zero-order valence-electron chi connectivity index (χ0n) is 12.7. The van der Waals surface area contributed by atoms with E-state index in [0.717, 1.165) is 27.8 Å². The van der Waals surface area contributed by atoms with E-state index in [9.17, 15) is 4.79 Å². The lowest BCUT2D eigenvalue weighted by atomic mass is 9.82. The van der Waals surface area contributed by atoms with Crippen molar-refractivity contribution in [3.63, 3.8) is 0 Å². The topological polar surface area (TPSA) is 17.1 Å². The minimum atomic E-state index is 0. The fraction of sp³-hybridized carbons (Fsp3) is 0.250. The first-order valence-electron chi connectivity index (χ1n) is 7.21. The lowest BCUT2D eigenvalue weighted by Gasteiger charge is -2.20. The monoisotopic (exact) mass is 282 g/mol. The molecule has 2 aromatic carbocycles. The molecule has 0 saturated heterocycles. The van der Waals surface area contributed by atoms with Crippen molar-refractivity contribution >= 4 is 11.4 Å². The normalized spacial score (nSPS) is 10.7. The maximum Gasteiger partial charge on any atom is 0.194 e. The predicted molar refractivity (Wildman–Crippen MR) is 93.9 cm³/mol. The molecule has 1 aliphatic carbocycles. The van der Waals surface area contributed by atoms with E-state index in [1.54, 1.807) is 0 Å². The van der Waals surface area contributed by atoms with Crippen molar-refractivity contribution in [2.75, 3.05) is 0 Å². The second-order valence-corrected chi connectivity index (χ2v) is 3.90. The summed E-state index contributed by atoms with van der Waals surface area (Å²) in [4.78, 5) is 12.2. The maximum atomic E-state index is 12.2. The molecule has 0 N–H and O–H groups in total. The van der Waals surface area contributed by atoms with E-state index >= 15 is 0 Å². The van der Waals surface area contributed by atoms with Crippen LogP contribution in [-0.2, 0) is 0 Å². The summed E-state index contributed by atoms with van der Waals surface area (Å²) in [6, 6.07) is 15.3. The molecule has 112 valence electrons. The lowest BCUT2D eigenvalue weighted by molar-refractivity contribution is 0.103. The molecule has 0 spiro atoms. The largest absolute Gasteiger partial charge is 0.289 e. The van der Waals surface area contributed by atoms with Crippen LogP contribution in [0.1, 0.15) is 62.2 Å². The summed E-state index contributed by atoms with van der Waals surface area (Å²) >= 11 is 0. The Morgan fingerprint density at radius 3 is 1.29 bits per heavy atom.